The lowest BCUT2D eigenvalue weighted by molar-refractivity contribution is -0.144. The average molecular weight is 356 g/mol. The minimum Gasteiger partial charge on any atom is -0.466 e. The molecule has 25 heavy (non-hydrogen) atoms. The van der Waals surface area contributed by atoms with Crippen molar-refractivity contribution in [1.29, 1.82) is 0 Å². The van der Waals surface area contributed by atoms with Crippen molar-refractivity contribution < 1.29 is 9.53 Å². The van der Waals surface area contributed by atoms with Gasteiger partial charge >= 0.3 is 5.97 Å². The maximum Gasteiger partial charge on any atom is 0.307 e. The van der Waals surface area contributed by atoms with Gasteiger partial charge in [0.05, 0.1) is 13.0 Å². The first kappa shape index (κ1) is 24.4. The molecular weight excluding hydrogens is 310 g/mol. The predicted octanol–water partition coefficient (Wildman–Crippen LogP) is 6.35. The van der Waals surface area contributed by atoms with Gasteiger partial charge in [0.15, 0.2) is 0 Å². The molecule has 0 aromatic carbocycles. The van der Waals surface area contributed by atoms with E-state index in [0.29, 0.717) is 13.0 Å². The highest BCUT2D eigenvalue weighted by Crippen LogP contribution is 2.13. The molecular formula is C22H45NO2. The molecule has 0 heterocycles. The molecule has 0 atom stereocenters. The highest BCUT2D eigenvalue weighted by atomic mass is 16.5. The van der Waals surface area contributed by atoms with Gasteiger partial charge < -0.3 is 9.64 Å². The number of carbonyl (C=O) groups excluding carboxylic acids is 1. The van der Waals surface area contributed by atoms with E-state index in [-0.39, 0.29) is 5.97 Å². The van der Waals surface area contributed by atoms with Crippen LogP contribution >= 0.6 is 0 Å². The summed E-state index contributed by atoms with van der Waals surface area (Å²) in [5, 5.41) is 0. The molecule has 0 aliphatic rings. The minimum absolute atomic E-state index is 0.0564. The monoisotopic (exact) mass is 355 g/mol. The second-order valence-electron chi connectivity index (χ2n) is 7.72. The van der Waals surface area contributed by atoms with Crippen molar-refractivity contribution in [3.63, 3.8) is 0 Å². The van der Waals surface area contributed by atoms with E-state index in [1.807, 2.05) is 19.0 Å². The van der Waals surface area contributed by atoms with Crippen molar-refractivity contribution >= 4 is 5.97 Å². The molecule has 0 bridgehead atoms. The maximum atomic E-state index is 11.4. The Morgan fingerprint density at radius 3 is 1.48 bits per heavy atom. The molecule has 0 amide bonds. The molecule has 150 valence electrons. The van der Waals surface area contributed by atoms with Gasteiger partial charge in [-0.2, -0.15) is 0 Å². The molecule has 0 rings (SSSR count). The van der Waals surface area contributed by atoms with Crippen molar-refractivity contribution in [1.82, 2.24) is 4.90 Å². The molecule has 0 aliphatic heterocycles. The van der Waals surface area contributed by atoms with Crippen molar-refractivity contribution in [2.45, 2.75) is 110 Å². The Balaban J connectivity index is 3.08. The SMILES string of the molecule is CCCCCCCCCCCCCCCCCOC(=O)CCN(C)C. The van der Waals surface area contributed by atoms with E-state index in [1.165, 1.54) is 89.9 Å². The summed E-state index contributed by atoms with van der Waals surface area (Å²) in [5.74, 6) is -0.0564. The number of hydrogen-bond acceptors (Lipinski definition) is 3. The molecule has 3 heteroatoms. The van der Waals surface area contributed by atoms with Crippen LogP contribution in [0.2, 0.25) is 0 Å². The Morgan fingerprint density at radius 2 is 1.08 bits per heavy atom. The second kappa shape index (κ2) is 19.8. The number of carbonyl (C=O) groups is 1. The van der Waals surface area contributed by atoms with Crippen LogP contribution in [0, 0.1) is 0 Å². The highest BCUT2D eigenvalue weighted by molar-refractivity contribution is 5.69. The third-order valence-corrected chi connectivity index (χ3v) is 4.77. The Bertz CT molecular complexity index is 279. The fourth-order valence-corrected chi connectivity index (χ4v) is 3.05. The van der Waals surface area contributed by atoms with E-state index in [2.05, 4.69) is 6.92 Å². The molecule has 0 fully saturated rings. The van der Waals surface area contributed by atoms with Gasteiger partial charge in [-0.15, -0.1) is 0 Å². The van der Waals surface area contributed by atoms with Crippen LogP contribution in [0.4, 0.5) is 0 Å². The summed E-state index contributed by atoms with van der Waals surface area (Å²) in [4.78, 5) is 13.5. The lowest BCUT2D eigenvalue weighted by atomic mass is 10.0. The van der Waals surface area contributed by atoms with Crippen molar-refractivity contribution in [3.8, 4) is 0 Å². The average Bonchev–Trinajstić information content (AvgIpc) is 2.59. The number of hydrogen-bond donors (Lipinski definition) is 0. The maximum absolute atomic E-state index is 11.4. The Kier molecular flexibility index (Phi) is 19.3. The standard InChI is InChI=1S/C22H45NO2/c1-4-5-6-7-8-9-10-11-12-13-14-15-16-17-18-21-25-22(24)19-20-23(2)3/h4-21H2,1-3H3. The fraction of sp³-hybridized carbons (Fsp3) is 0.955. The summed E-state index contributed by atoms with van der Waals surface area (Å²) in [7, 11) is 3.95. The van der Waals surface area contributed by atoms with Gasteiger partial charge in [-0.05, 0) is 20.5 Å². The van der Waals surface area contributed by atoms with Crippen LogP contribution in [0.15, 0.2) is 0 Å². The van der Waals surface area contributed by atoms with Crippen LogP contribution in [-0.4, -0.2) is 38.1 Å². The van der Waals surface area contributed by atoms with E-state index < -0.39 is 0 Å². The lowest BCUT2D eigenvalue weighted by Crippen LogP contribution is -2.18. The number of rotatable bonds is 19. The molecule has 0 unspecified atom stereocenters. The van der Waals surface area contributed by atoms with Gasteiger partial charge in [-0.1, -0.05) is 96.8 Å². The molecule has 0 radical (unpaired) electrons. The van der Waals surface area contributed by atoms with Crippen molar-refractivity contribution in [3.05, 3.63) is 0 Å². The van der Waals surface area contributed by atoms with E-state index >= 15 is 0 Å². The number of nitrogens with zero attached hydrogens (tertiary/aromatic N) is 1. The second-order valence-corrected chi connectivity index (χ2v) is 7.72. The third kappa shape index (κ3) is 21.4. The van der Waals surface area contributed by atoms with Crippen LogP contribution in [-0.2, 0) is 9.53 Å². The number of unbranched alkanes of at least 4 members (excludes halogenated alkanes) is 14. The Labute approximate surface area is 157 Å². The van der Waals surface area contributed by atoms with Gasteiger partial charge in [-0.3, -0.25) is 4.79 Å². The summed E-state index contributed by atoms with van der Waals surface area (Å²) < 4.78 is 5.24. The first-order valence-corrected chi connectivity index (χ1v) is 11.0. The highest BCUT2D eigenvalue weighted by Gasteiger charge is 2.03. The number of ether oxygens (including phenoxy) is 1. The van der Waals surface area contributed by atoms with E-state index in [4.69, 9.17) is 4.74 Å². The van der Waals surface area contributed by atoms with Gasteiger partial charge in [-0.25, -0.2) is 0 Å². The van der Waals surface area contributed by atoms with Crippen LogP contribution in [0.3, 0.4) is 0 Å². The van der Waals surface area contributed by atoms with Gasteiger partial charge in [0, 0.05) is 6.54 Å². The van der Waals surface area contributed by atoms with Gasteiger partial charge in [0.1, 0.15) is 0 Å². The smallest absolute Gasteiger partial charge is 0.307 e. The topological polar surface area (TPSA) is 29.5 Å². The van der Waals surface area contributed by atoms with Gasteiger partial charge in [0.2, 0.25) is 0 Å². The zero-order valence-electron chi connectivity index (χ0n) is 17.5. The largest absolute Gasteiger partial charge is 0.466 e. The van der Waals surface area contributed by atoms with Crippen LogP contribution in [0.1, 0.15) is 110 Å². The molecule has 0 spiro atoms. The first-order valence-electron chi connectivity index (χ1n) is 11.0. The molecule has 0 saturated heterocycles. The minimum atomic E-state index is -0.0564. The summed E-state index contributed by atoms with van der Waals surface area (Å²) in [6.07, 6.45) is 20.9. The molecule has 0 aromatic rings. The zero-order chi connectivity index (χ0) is 18.6. The van der Waals surface area contributed by atoms with Crippen molar-refractivity contribution in [2.75, 3.05) is 27.2 Å². The Morgan fingerprint density at radius 1 is 0.680 bits per heavy atom. The van der Waals surface area contributed by atoms with Crippen LogP contribution in [0.5, 0.6) is 0 Å². The van der Waals surface area contributed by atoms with E-state index in [0.717, 1.165) is 13.0 Å². The molecule has 0 aromatic heterocycles. The number of esters is 1. The van der Waals surface area contributed by atoms with Crippen molar-refractivity contribution in [2.24, 2.45) is 0 Å². The molecule has 0 N–H and O–H groups in total. The van der Waals surface area contributed by atoms with Gasteiger partial charge in [0.25, 0.3) is 0 Å². The normalized spacial score (nSPS) is 11.2. The van der Waals surface area contributed by atoms with Crippen LogP contribution in [0.25, 0.3) is 0 Å². The zero-order valence-corrected chi connectivity index (χ0v) is 17.5. The molecule has 0 saturated carbocycles. The lowest BCUT2D eigenvalue weighted by Gasteiger charge is -2.09. The quantitative estimate of drug-likeness (QED) is 0.200. The van der Waals surface area contributed by atoms with E-state index in [9.17, 15) is 4.79 Å². The Hall–Kier alpha value is -0.570. The first-order chi connectivity index (χ1) is 12.2. The summed E-state index contributed by atoms with van der Waals surface area (Å²) in [5.41, 5.74) is 0. The van der Waals surface area contributed by atoms with Crippen LogP contribution < -0.4 is 0 Å². The molecule has 0 aliphatic carbocycles. The fourth-order valence-electron chi connectivity index (χ4n) is 3.05. The summed E-state index contributed by atoms with van der Waals surface area (Å²) in [6.45, 7) is 3.66. The summed E-state index contributed by atoms with van der Waals surface area (Å²) in [6, 6.07) is 0. The van der Waals surface area contributed by atoms with E-state index in [1.54, 1.807) is 0 Å². The molecule has 3 nitrogen and oxygen atoms in total. The third-order valence-electron chi connectivity index (χ3n) is 4.77. The summed E-state index contributed by atoms with van der Waals surface area (Å²) >= 11 is 0. The predicted molar refractivity (Wildman–Crippen MR) is 109 cm³/mol.